The van der Waals surface area contributed by atoms with E-state index in [1.165, 1.54) is 0 Å². The largest absolute Gasteiger partial charge is 0.497 e. The van der Waals surface area contributed by atoms with E-state index >= 15 is 0 Å². The smallest absolute Gasteiger partial charge is 0.433 e. The minimum Gasteiger partial charge on any atom is -0.497 e. The lowest BCUT2D eigenvalue weighted by Crippen LogP contribution is -2.24. The van der Waals surface area contributed by atoms with Crippen molar-refractivity contribution >= 4 is 17.6 Å². The third-order valence-electron chi connectivity index (χ3n) is 4.08. The highest BCUT2D eigenvalue weighted by Gasteiger charge is 2.13. The lowest BCUT2D eigenvalue weighted by Gasteiger charge is -2.08. The fraction of sp³-hybridized carbons (Fsp3) is 0.0870. The zero-order valence-electron chi connectivity index (χ0n) is 15.9. The molecule has 6 nitrogen and oxygen atoms in total. The molecule has 0 unspecified atom stereocenters. The average Bonchev–Trinajstić information content (AvgIpc) is 2.77. The Morgan fingerprint density at radius 1 is 0.793 bits per heavy atom. The molecule has 0 aromatic heterocycles. The van der Waals surface area contributed by atoms with Crippen molar-refractivity contribution in [1.29, 1.82) is 0 Å². The first-order chi connectivity index (χ1) is 14.2. The summed E-state index contributed by atoms with van der Waals surface area (Å²) < 4.78 is 10.3. The number of para-hydroxylation sites is 1. The summed E-state index contributed by atoms with van der Waals surface area (Å²) in [4.78, 5) is 24.7. The van der Waals surface area contributed by atoms with Crippen molar-refractivity contribution in [2.45, 2.75) is 6.42 Å². The number of Topliss-reactive ketones (excluding diaryl/α,β-unsaturated/α-hetero) is 1. The summed E-state index contributed by atoms with van der Waals surface area (Å²) in [6, 6.07) is 24.7. The first-order valence-corrected chi connectivity index (χ1v) is 8.98. The van der Waals surface area contributed by atoms with Crippen molar-refractivity contribution in [3.63, 3.8) is 0 Å². The Kier molecular flexibility index (Phi) is 6.73. The second-order valence-electron chi connectivity index (χ2n) is 6.07. The molecule has 0 saturated carbocycles. The van der Waals surface area contributed by atoms with Crippen LogP contribution in [0.15, 0.2) is 90.0 Å². The van der Waals surface area contributed by atoms with E-state index in [0.717, 1.165) is 5.56 Å². The molecule has 1 amide bonds. The van der Waals surface area contributed by atoms with Gasteiger partial charge in [-0.1, -0.05) is 48.5 Å². The molecule has 0 fully saturated rings. The fourth-order valence-electron chi connectivity index (χ4n) is 2.60. The number of amides is 1. The normalized spacial score (nSPS) is 10.9. The van der Waals surface area contributed by atoms with E-state index in [1.54, 1.807) is 55.6 Å². The Hall–Kier alpha value is -3.93. The lowest BCUT2D eigenvalue weighted by atomic mass is 10.0. The van der Waals surface area contributed by atoms with E-state index in [0.29, 0.717) is 22.8 Å². The first-order valence-electron chi connectivity index (χ1n) is 8.98. The Labute approximate surface area is 168 Å². The number of benzene rings is 3. The summed E-state index contributed by atoms with van der Waals surface area (Å²) in [5.41, 5.74) is 4.05. The Bertz CT molecular complexity index is 984. The number of nitrogens with zero attached hydrogens (tertiary/aromatic N) is 1. The molecule has 1 N–H and O–H groups in total. The maximum atomic E-state index is 12.7. The van der Waals surface area contributed by atoms with Gasteiger partial charge in [-0.05, 0) is 42.0 Å². The highest BCUT2D eigenvalue weighted by molar-refractivity contribution is 6.15. The van der Waals surface area contributed by atoms with Crippen LogP contribution in [-0.4, -0.2) is 24.7 Å². The second kappa shape index (κ2) is 9.85. The van der Waals surface area contributed by atoms with Crippen molar-refractivity contribution in [3.8, 4) is 11.5 Å². The van der Waals surface area contributed by atoms with Crippen LogP contribution in [0.2, 0.25) is 0 Å². The molecule has 0 atom stereocenters. The molecule has 0 heterocycles. The summed E-state index contributed by atoms with van der Waals surface area (Å²) in [5.74, 6) is 0.938. The molecule has 0 aliphatic rings. The first kappa shape index (κ1) is 19.8. The number of ketones is 1. The third kappa shape index (κ3) is 5.77. The highest BCUT2D eigenvalue weighted by Crippen LogP contribution is 2.15. The summed E-state index contributed by atoms with van der Waals surface area (Å²) in [7, 11) is 1.57. The molecule has 0 saturated heterocycles. The maximum absolute atomic E-state index is 12.7. The number of carbonyl (C=O) groups is 2. The van der Waals surface area contributed by atoms with Crippen LogP contribution in [0, 0.1) is 0 Å². The van der Waals surface area contributed by atoms with Gasteiger partial charge in [0.05, 0.1) is 19.2 Å². The number of ether oxygens (including phenoxy) is 2. The summed E-state index contributed by atoms with van der Waals surface area (Å²) in [6.45, 7) is 0. The van der Waals surface area contributed by atoms with Crippen LogP contribution in [-0.2, 0) is 0 Å². The lowest BCUT2D eigenvalue weighted by molar-refractivity contribution is 0.100. The molecule has 3 rings (SSSR count). The molecule has 0 aliphatic carbocycles. The molecule has 3 aromatic carbocycles. The zero-order chi connectivity index (χ0) is 20.5. The zero-order valence-corrected chi connectivity index (χ0v) is 15.9. The molecule has 6 heteroatoms. The molecular formula is C23H20N2O4. The van der Waals surface area contributed by atoms with E-state index in [2.05, 4.69) is 10.5 Å². The molecule has 29 heavy (non-hydrogen) atoms. The minimum absolute atomic E-state index is 0.0158. The number of methoxy groups -OCH3 is 1. The average molecular weight is 388 g/mol. The molecule has 146 valence electrons. The maximum Gasteiger partial charge on any atom is 0.433 e. The highest BCUT2D eigenvalue weighted by atomic mass is 16.6. The molecule has 0 radical (unpaired) electrons. The van der Waals surface area contributed by atoms with Crippen LogP contribution in [0.3, 0.4) is 0 Å². The van der Waals surface area contributed by atoms with Gasteiger partial charge in [-0.25, -0.2) is 10.2 Å². The van der Waals surface area contributed by atoms with Gasteiger partial charge < -0.3 is 9.47 Å². The number of nitrogens with one attached hydrogen (secondary N) is 1. The molecule has 0 spiro atoms. The number of hydrazone groups is 1. The molecular weight excluding hydrogens is 368 g/mol. The van der Waals surface area contributed by atoms with Crippen molar-refractivity contribution in [3.05, 3.63) is 96.1 Å². The van der Waals surface area contributed by atoms with Crippen LogP contribution in [0.5, 0.6) is 11.5 Å². The molecule has 0 bridgehead atoms. The number of rotatable bonds is 7. The predicted octanol–water partition coefficient (Wildman–Crippen LogP) is 4.46. The van der Waals surface area contributed by atoms with Crippen LogP contribution >= 0.6 is 0 Å². The van der Waals surface area contributed by atoms with E-state index in [1.807, 2.05) is 36.4 Å². The number of hydrogen-bond donors (Lipinski definition) is 1. The summed E-state index contributed by atoms with van der Waals surface area (Å²) in [6.07, 6.45) is -0.719. The van der Waals surface area contributed by atoms with E-state index in [9.17, 15) is 9.59 Å². The van der Waals surface area contributed by atoms with E-state index < -0.39 is 6.09 Å². The number of carbonyl (C=O) groups excluding carboxylic acids is 2. The van der Waals surface area contributed by atoms with Gasteiger partial charge in [0.2, 0.25) is 0 Å². The summed E-state index contributed by atoms with van der Waals surface area (Å²) >= 11 is 0. The third-order valence-corrected chi connectivity index (χ3v) is 4.08. The van der Waals surface area contributed by atoms with Gasteiger partial charge in [0.1, 0.15) is 11.5 Å². The molecule has 0 aliphatic heterocycles. The van der Waals surface area contributed by atoms with Gasteiger partial charge in [0, 0.05) is 5.56 Å². The second-order valence-corrected chi connectivity index (χ2v) is 6.07. The predicted molar refractivity (Wildman–Crippen MR) is 111 cm³/mol. The SMILES string of the molecule is COc1ccc(C(=O)C/C(=N\NC(=O)Oc2ccccc2)c2ccccc2)cc1. The van der Waals surface area contributed by atoms with Gasteiger partial charge >= 0.3 is 6.09 Å². The van der Waals surface area contributed by atoms with Gasteiger partial charge in [0.25, 0.3) is 0 Å². The molecule has 3 aromatic rings. The fourth-order valence-corrected chi connectivity index (χ4v) is 2.60. The summed E-state index contributed by atoms with van der Waals surface area (Å²) in [5, 5.41) is 4.14. The van der Waals surface area contributed by atoms with Crippen LogP contribution in [0.4, 0.5) is 4.79 Å². The number of hydrogen-bond acceptors (Lipinski definition) is 5. The quantitative estimate of drug-likeness (QED) is 0.368. The van der Waals surface area contributed by atoms with Gasteiger partial charge in [-0.3, -0.25) is 4.79 Å². The van der Waals surface area contributed by atoms with Crippen molar-refractivity contribution < 1.29 is 19.1 Å². The van der Waals surface area contributed by atoms with Crippen LogP contribution < -0.4 is 14.9 Å². The van der Waals surface area contributed by atoms with Crippen molar-refractivity contribution in [1.82, 2.24) is 5.43 Å². The van der Waals surface area contributed by atoms with Crippen molar-refractivity contribution in [2.24, 2.45) is 5.10 Å². The topological polar surface area (TPSA) is 77.0 Å². The Morgan fingerprint density at radius 2 is 1.41 bits per heavy atom. The van der Waals surface area contributed by atoms with Crippen molar-refractivity contribution in [2.75, 3.05) is 7.11 Å². The van der Waals surface area contributed by atoms with Crippen LogP contribution in [0.1, 0.15) is 22.3 Å². The van der Waals surface area contributed by atoms with E-state index in [-0.39, 0.29) is 12.2 Å². The monoisotopic (exact) mass is 388 g/mol. The Morgan fingerprint density at radius 3 is 2.03 bits per heavy atom. The van der Waals surface area contributed by atoms with Crippen LogP contribution in [0.25, 0.3) is 0 Å². The van der Waals surface area contributed by atoms with Gasteiger partial charge in [-0.15, -0.1) is 0 Å². The van der Waals surface area contributed by atoms with Gasteiger partial charge in [-0.2, -0.15) is 5.10 Å². The Balaban J connectivity index is 1.74. The van der Waals surface area contributed by atoms with Gasteiger partial charge in [0.15, 0.2) is 5.78 Å². The standard InChI is InChI=1S/C23H20N2O4/c1-28-19-14-12-18(13-15-19)22(26)16-21(17-8-4-2-5-9-17)24-25-23(27)29-20-10-6-3-7-11-20/h2-15H,16H2,1H3,(H,25,27)/b24-21+. The minimum atomic E-state index is -0.735. The van der Waals surface area contributed by atoms with E-state index in [4.69, 9.17) is 9.47 Å².